The number of nitrogens with two attached hydrogens (primary N) is 1. The standard InChI is InChI=1S/C14H25N3O5/c1-3-4-5-6-11(18)16-9(2)14(22)17-10(13(15)21)7-8-12(19)20/h9-10H,3-8H2,1-2H3,(H2,15,21)(H,16,18)(H,17,22)(H,19,20)/t9-,10+/m0/s1. The topological polar surface area (TPSA) is 139 Å². The number of carboxylic acid groups (broad SMARTS) is 1. The summed E-state index contributed by atoms with van der Waals surface area (Å²) in [6, 6.07) is -1.89. The van der Waals surface area contributed by atoms with Gasteiger partial charge in [0.15, 0.2) is 0 Å². The molecule has 0 bridgehead atoms. The normalized spacial score (nSPS) is 13.0. The minimum absolute atomic E-state index is 0.0897. The maximum atomic E-state index is 11.9. The van der Waals surface area contributed by atoms with Gasteiger partial charge in [0.1, 0.15) is 12.1 Å². The lowest BCUT2D eigenvalue weighted by atomic mass is 10.1. The summed E-state index contributed by atoms with van der Waals surface area (Å²) < 4.78 is 0. The van der Waals surface area contributed by atoms with E-state index in [1.165, 1.54) is 6.92 Å². The predicted molar refractivity (Wildman–Crippen MR) is 79.7 cm³/mol. The lowest BCUT2D eigenvalue weighted by molar-refractivity contribution is -0.137. The van der Waals surface area contributed by atoms with Gasteiger partial charge >= 0.3 is 5.97 Å². The Bertz CT molecular complexity index is 411. The van der Waals surface area contributed by atoms with Gasteiger partial charge in [-0.15, -0.1) is 0 Å². The number of carbonyl (C=O) groups is 4. The highest BCUT2D eigenvalue weighted by molar-refractivity contribution is 5.91. The van der Waals surface area contributed by atoms with Gasteiger partial charge in [-0.1, -0.05) is 19.8 Å². The van der Waals surface area contributed by atoms with Gasteiger partial charge in [-0.3, -0.25) is 19.2 Å². The highest BCUT2D eigenvalue weighted by atomic mass is 16.4. The zero-order valence-corrected chi connectivity index (χ0v) is 13.1. The van der Waals surface area contributed by atoms with Crippen LogP contribution in [0.15, 0.2) is 0 Å². The van der Waals surface area contributed by atoms with Crippen molar-refractivity contribution in [3.05, 3.63) is 0 Å². The number of rotatable bonds is 11. The lowest BCUT2D eigenvalue weighted by Crippen LogP contribution is -2.51. The molecule has 0 radical (unpaired) electrons. The van der Waals surface area contributed by atoms with Gasteiger partial charge in [0.25, 0.3) is 0 Å². The first-order chi connectivity index (χ1) is 10.3. The smallest absolute Gasteiger partial charge is 0.303 e. The van der Waals surface area contributed by atoms with Crippen LogP contribution in [0.4, 0.5) is 0 Å². The fraction of sp³-hybridized carbons (Fsp3) is 0.714. The molecule has 0 unspecified atom stereocenters. The highest BCUT2D eigenvalue weighted by Gasteiger charge is 2.23. The number of primary amides is 1. The molecule has 0 rings (SSSR count). The zero-order valence-electron chi connectivity index (χ0n) is 13.1. The van der Waals surface area contributed by atoms with E-state index in [-0.39, 0.29) is 18.7 Å². The summed E-state index contributed by atoms with van der Waals surface area (Å²) in [5.41, 5.74) is 5.12. The second kappa shape index (κ2) is 10.6. The Morgan fingerprint density at radius 2 is 1.73 bits per heavy atom. The van der Waals surface area contributed by atoms with E-state index >= 15 is 0 Å². The number of carbonyl (C=O) groups excluding carboxylic acids is 3. The summed E-state index contributed by atoms with van der Waals surface area (Å²) in [5, 5.41) is 13.5. The first-order valence-electron chi connectivity index (χ1n) is 7.38. The molecule has 3 amide bonds. The van der Waals surface area contributed by atoms with Crippen LogP contribution in [-0.2, 0) is 19.2 Å². The van der Waals surface area contributed by atoms with E-state index in [2.05, 4.69) is 10.6 Å². The molecule has 0 aliphatic carbocycles. The maximum absolute atomic E-state index is 11.9. The molecular formula is C14H25N3O5. The molecule has 22 heavy (non-hydrogen) atoms. The first kappa shape index (κ1) is 19.9. The van der Waals surface area contributed by atoms with E-state index in [4.69, 9.17) is 10.8 Å². The molecule has 2 atom stereocenters. The summed E-state index contributed by atoms with van der Waals surface area (Å²) in [5.74, 6) is -2.70. The van der Waals surface area contributed by atoms with Gasteiger partial charge in [0, 0.05) is 12.8 Å². The summed E-state index contributed by atoms with van der Waals surface area (Å²) in [6.45, 7) is 3.51. The van der Waals surface area contributed by atoms with Gasteiger partial charge < -0.3 is 21.5 Å². The Morgan fingerprint density at radius 1 is 1.09 bits per heavy atom. The Kier molecular flexibility index (Phi) is 9.56. The van der Waals surface area contributed by atoms with Gasteiger partial charge in [-0.2, -0.15) is 0 Å². The molecule has 0 aromatic carbocycles. The second-order valence-electron chi connectivity index (χ2n) is 5.14. The molecule has 0 aliphatic heterocycles. The molecule has 0 saturated carbocycles. The lowest BCUT2D eigenvalue weighted by Gasteiger charge is -2.19. The Labute approximate surface area is 129 Å². The average molecular weight is 315 g/mol. The van der Waals surface area contributed by atoms with Gasteiger partial charge in [-0.05, 0) is 19.8 Å². The molecule has 8 nitrogen and oxygen atoms in total. The van der Waals surface area contributed by atoms with Crippen LogP contribution in [0.25, 0.3) is 0 Å². The third kappa shape index (κ3) is 8.93. The van der Waals surface area contributed by atoms with Crippen molar-refractivity contribution in [1.29, 1.82) is 0 Å². The summed E-state index contributed by atoms with van der Waals surface area (Å²) in [4.78, 5) is 45.2. The number of hydrogen-bond donors (Lipinski definition) is 4. The van der Waals surface area contributed by atoms with Crippen molar-refractivity contribution in [3.63, 3.8) is 0 Å². The minimum Gasteiger partial charge on any atom is -0.481 e. The van der Waals surface area contributed by atoms with Crippen LogP contribution >= 0.6 is 0 Å². The van der Waals surface area contributed by atoms with E-state index in [9.17, 15) is 19.2 Å². The highest BCUT2D eigenvalue weighted by Crippen LogP contribution is 2.00. The molecule has 0 aromatic rings. The number of nitrogens with one attached hydrogen (secondary N) is 2. The SMILES string of the molecule is CCCCCC(=O)N[C@@H](C)C(=O)N[C@H](CCC(=O)O)C(N)=O. The Hall–Kier alpha value is -2.12. The Balaban J connectivity index is 4.32. The molecule has 0 heterocycles. The number of unbranched alkanes of at least 4 members (excludes halogenated alkanes) is 2. The summed E-state index contributed by atoms with van der Waals surface area (Å²) in [6.07, 6.45) is 2.64. The van der Waals surface area contributed by atoms with Crippen LogP contribution in [-0.4, -0.2) is 40.9 Å². The quantitative estimate of drug-likeness (QED) is 0.394. The van der Waals surface area contributed by atoms with Crippen molar-refractivity contribution in [1.82, 2.24) is 10.6 Å². The van der Waals surface area contributed by atoms with Gasteiger partial charge in [-0.25, -0.2) is 0 Å². The Morgan fingerprint density at radius 3 is 2.23 bits per heavy atom. The van der Waals surface area contributed by atoms with E-state index in [1.54, 1.807) is 0 Å². The van der Waals surface area contributed by atoms with Crippen LogP contribution in [0.5, 0.6) is 0 Å². The van der Waals surface area contributed by atoms with Crippen molar-refractivity contribution in [2.75, 3.05) is 0 Å². The summed E-state index contributed by atoms with van der Waals surface area (Å²) >= 11 is 0. The molecule has 0 fully saturated rings. The van der Waals surface area contributed by atoms with Gasteiger partial charge in [0.2, 0.25) is 17.7 Å². The van der Waals surface area contributed by atoms with Crippen LogP contribution in [0.2, 0.25) is 0 Å². The van der Waals surface area contributed by atoms with E-state index in [0.717, 1.165) is 19.3 Å². The second-order valence-corrected chi connectivity index (χ2v) is 5.14. The molecule has 0 spiro atoms. The summed E-state index contributed by atoms with van der Waals surface area (Å²) in [7, 11) is 0. The van der Waals surface area contributed by atoms with Crippen molar-refractivity contribution in [2.45, 2.75) is 64.5 Å². The van der Waals surface area contributed by atoms with Crippen molar-refractivity contribution in [3.8, 4) is 0 Å². The first-order valence-corrected chi connectivity index (χ1v) is 7.38. The molecule has 5 N–H and O–H groups in total. The van der Waals surface area contributed by atoms with Crippen molar-refractivity contribution in [2.24, 2.45) is 5.73 Å². The van der Waals surface area contributed by atoms with E-state index in [1.807, 2.05) is 6.92 Å². The number of carboxylic acids is 1. The molecule has 0 aliphatic rings. The monoisotopic (exact) mass is 315 g/mol. The molecule has 0 aromatic heterocycles. The van der Waals surface area contributed by atoms with Crippen LogP contribution in [0.3, 0.4) is 0 Å². The van der Waals surface area contributed by atoms with Crippen LogP contribution < -0.4 is 16.4 Å². The predicted octanol–water partition coefficient (Wildman–Crippen LogP) is -0.0937. The van der Waals surface area contributed by atoms with E-state index < -0.39 is 29.9 Å². The third-order valence-corrected chi connectivity index (χ3v) is 3.08. The zero-order chi connectivity index (χ0) is 17.1. The fourth-order valence-corrected chi connectivity index (χ4v) is 1.76. The number of aliphatic carboxylic acids is 1. The molecule has 126 valence electrons. The van der Waals surface area contributed by atoms with Crippen molar-refractivity contribution < 1.29 is 24.3 Å². The number of hydrogen-bond acceptors (Lipinski definition) is 4. The minimum atomic E-state index is -1.09. The van der Waals surface area contributed by atoms with Crippen molar-refractivity contribution >= 4 is 23.7 Å². The van der Waals surface area contributed by atoms with Crippen LogP contribution in [0.1, 0.15) is 52.4 Å². The van der Waals surface area contributed by atoms with Gasteiger partial charge in [0.05, 0.1) is 0 Å². The molecule has 0 saturated heterocycles. The maximum Gasteiger partial charge on any atom is 0.303 e. The molecule has 8 heteroatoms. The van der Waals surface area contributed by atoms with E-state index in [0.29, 0.717) is 6.42 Å². The number of amides is 3. The largest absolute Gasteiger partial charge is 0.481 e. The van der Waals surface area contributed by atoms with Crippen LogP contribution in [0, 0.1) is 0 Å². The third-order valence-electron chi connectivity index (χ3n) is 3.08. The fourth-order valence-electron chi connectivity index (χ4n) is 1.76. The average Bonchev–Trinajstić information content (AvgIpc) is 2.42. The molecular weight excluding hydrogens is 290 g/mol.